The summed E-state index contributed by atoms with van der Waals surface area (Å²) in [5, 5.41) is 5.14. The number of hydrogen-bond acceptors (Lipinski definition) is 4. The Balaban J connectivity index is 2.20. The Morgan fingerprint density at radius 2 is 2.08 bits per heavy atom. The zero-order valence-corrected chi connectivity index (χ0v) is 15.1. The highest BCUT2D eigenvalue weighted by Gasteiger charge is 2.38. The third-order valence-electron chi connectivity index (χ3n) is 5.20. The van der Waals surface area contributed by atoms with Crippen LogP contribution in [0, 0.1) is 0 Å². The Hall–Kier alpha value is -2.08. The zero-order chi connectivity index (χ0) is 17.1. The van der Waals surface area contributed by atoms with Crippen LogP contribution in [-0.2, 0) is 18.9 Å². The van der Waals surface area contributed by atoms with Gasteiger partial charge in [0, 0.05) is 18.0 Å². The average molecular weight is 340 g/mol. The van der Waals surface area contributed by atoms with Crippen LogP contribution in [0.4, 0.5) is 0 Å². The van der Waals surface area contributed by atoms with Gasteiger partial charge in [0.25, 0.3) is 5.56 Å². The number of benzene rings is 1. The van der Waals surface area contributed by atoms with E-state index in [1.807, 2.05) is 19.4 Å². The van der Waals surface area contributed by atoms with E-state index in [9.17, 15) is 4.79 Å². The Morgan fingerprint density at radius 3 is 2.79 bits per heavy atom. The van der Waals surface area contributed by atoms with Gasteiger partial charge >= 0.3 is 0 Å². The first-order valence-corrected chi connectivity index (χ1v) is 9.35. The molecule has 0 amide bonds. The van der Waals surface area contributed by atoms with Gasteiger partial charge < -0.3 is 0 Å². The van der Waals surface area contributed by atoms with E-state index >= 15 is 0 Å². The smallest absolute Gasteiger partial charge is 0.265 e. The summed E-state index contributed by atoms with van der Waals surface area (Å²) in [7, 11) is 1.83. The van der Waals surface area contributed by atoms with E-state index in [0.29, 0.717) is 10.9 Å². The van der Waals surface area contributed by atoms with E-state index in [1.165, 1.54) is 17.3 Å². The lowest BCUT2D eigenvalue weighted by Crippen LogP contribution is -2.37. The fourth-order valence-electron chi connectivity index (χ4n) is 3.70. The zero-order valence-electron chi connectivity index (χ0n) is 14.3. The van der Waals surface area contributed by atoms with E-state index in [1.54, 1.807) is 9.08 Å². The summed E-state index contributed by atoms with van der Waals surface area (Å²) in [6, 6.07) is 8.28. The Morgan fingerprint density at radius 1 is 1.33 bits per heavy atom. The van der Waals surface area contributed by atoms with E-state index in [4.69, 9.17) is 4.98 Å². The van der Waals surface area contributed by atoms with E-state index in [0.717, 1.165) is 29.7 Å². The fourth-order valence-corrected chi connectivity index (χ4v) is 4.26. The minimum absolute atomic E-state index is 0.0197. The van der Waals surface area contributed by atoms with Crippen molar-refractivity contribution >= 4 is 17.5 Å². The highest BCUT2D eigenvalue weighted by atomic mass is 32.2. The van der Waals surface area contributed by atoms with Gasteiger partial charge in [-0.15, -0.1) is 5.10 Å². The molecule has 24 heavy (non-hydrogen) atoms. The normalized spacial score (nSPS) is 19.3. The summed E-state index contributed by atoms with van der Waals surface area (Å²) in [5.74, 6) is 0.596. The van der Waals surface area contributed by atoms with Crippen molar-refractivity contribution in [3.8, 4) is 11.3 Å². The van der Waals surface area contributed by atoms with Crippen LogP contribution in [0.15, 0.2) is 34.2 Å². The molecular formula is C18H20N4OS. The number of aryl methyl sites for hydroxylation is 1. The molecule has 0 fully saturated rings. The molecule has 0 saturated heterocycles. The number of thioether (sulfide) groups is 1. The van der Waals surface area contributed by atoms with Gasteiger partial charge in [-0.3, -0.25) is 4.79 Å². The van der Waals surface area contributed by atoms with Crippen molar-refractivity contribution in [2.75, 3.05) is 6.26 Å². The summed E-state index contributed by atoms with van der Waals surface area (Å²) in [6.07, 6.45) is 3.69. The molecule has 1 aliphatic rings. The number of fused-ring (bicyclic) bond motifs is 4. The van der Waals surface area contributed by atoms with Crippen LogP contribution >= 0.6 is 11.8 Å². The van der Waals surface area contributed by atoms with Crippen molar-refractivity contribution < 1.29 is 0 Å². The van der Waals surface area contributed by atoms with Crippen molar-refractivity contribution in [2.24, 2.45) is 7.05 Å². The van der Waals surface area contributed by atoms with Crippen molar-refractivity contribution in [3.05, 3.63) is 45.7 Å². The Bertz CT molecular complexity index is 1020. The summed E-state index contributed by atoms with van der Waals surface area (Å²) < 4.78 is 3.35. The number of nitrogens with zero attached hydrogens (tertiary/aromatic N) is 4. The van der Waals surface area contributed by atoms with Crippen molar-refractivity contribution in [1.29, 1.82) is 0 Å². The molecule has 0 N–H and O–H groups in total. The van der Waals surface area contributed by atoms with Crippen LogP contribution < -0.4 is 5.56 Å². The van der Waals surface area contributed by atoms with Gasteiger partial charge in [-0.2, -0.15) is 0 Å². The molecule has 2 aromatic heterocycles. The quantitative estimate of drug-likeness (QED) is 0.673. The molecule has 0 aliphatic heterocycles. The van der Waals surface area contributed by atoms with Gasteiger partial charge in [0.1, 0.15) is 0 Å². The molecule has 3 aromatic rings. The third kappa shape index (κ3) is 1.92. The first kappa shape index (κ1) is 15.4. The van der Waals surface area contributed by atoms with Crippen molar-refractivity contribution in [3.63, 3.8) is 0 Å². The highest BCUT2D eigenvalue weighted by molar-refractivity contribution is 7.98. The number of rotatable bonds is 2. The molecule has 1 atom stereocenters. The first-order valence-electron chi connectivity index (χ1n) is 8.12. The van der Waals surface area contributed by atoms with E-state index in [-0.39, 0.29) is 11.0 Å². The second-order valence-electron chi connectivity index (χ2n) is 6.63. The lowest BCUT2D eigenvalue weighted by molar-refractivity contribution is 0.439. The molecule has 4 rings (SSSR count). The minimum Gasteiger partial charge on any atom is -0.268 e. The first-order chi connectivity index (χ1) is 11.5. The molecule has 0 spiro atoms. The molecule has 5 nitrogen and oxygen atoms in total. The maximum absolute atomic E-state index is 13.4. The second-order valence-corrected chi connectivity index (χ2v) is 7.41. The average Bonchev–Trinajstić information content (AvgIpc) is 2.91. The topological polar surface area (TPSA) is 52.2 Å². The lowest BCUT2D eigenvalue weighted by atomic mass is 9.69. The SMILES string of the molecule is CC[C@@]1(C)Cc2ccccc2-c2nc3n(C)nc(SC)n3c(=O)c21. The monoisotopic (exact) mass is 340 g/mol. The van der Waals surface area contributed by atoms with Gasteiger partial charge in [0.2, 0.25) is 5.78 Å². The maximum Gasteiger partial charge on any atom is 0.265 e. The molecule has 0 bridgehead atoms. The van der Waals surface area contributed by atoms with Crippen LogP contribution in [0.1, 0.15) is 31.4 Å². The van der Waals surface area contributed by atoms with Gasteiger partial charge in [0.05, 0.1) is 11.3 Å². The number of aromatic nitrogens is 4. The van der Waals surface area contributed by atoms with Gasteiger partial charge in [-0.05, 0) is 24.7 Å². The highest BCUT2D eigenvalue weighted by Crippen LogP contribution is 2.42. The summed E-state index contributed by atoms with van der Waals surface area (Å²) in [6.45, 7) is 4.32. The van der Waals surface area contributed by atoms with E-state index < -0.39 is 0 Å². The molecule has 2 heterocycles. The summed E-state index contributed by atoms with van der Waals surface area (Å²) >= 11 is 1.47. The maximum atomic E-state index is 13.4. The molecule has 0 radical (unpaired) electrons. The molecule has 0 saturated carbocycles. The molecule has 6 heteroatoms. The molecular weight excluding hydrogens is 320 g/mol. The third-order valence-corrected chi connectivity index (χ3v) is 5.83. The van der Waals surface area contributed by atoms with Crippen molar-refractivity contribution in [1.82, 2.24) is 19.2 Å². The van der Waals surface area contributed by atoms with Gasteiger partial charge in [-0.1, -0.05) is 49.9 Å². The summed E-state index contributed by atoms with van der Waals surface area (Å²) in [4.78, 5) is 18.3. The van der Waals surface area contributed by atoms with Crippen LogP contribution in [0.3, 0.4) is 0 Å². The van der Waals surface area contributed by atoms with Crippen LogP contribution in [0.5, 0.6) is 0 Å². The van der Waals surface area contributed by atoms with Crippen molar-refractivity contribution in [2.45, 2.75) is 37.3 Å². The van der Waals surface area contributed by atoms with Crippen LogP contribution in [0.2, 0.25) is 0 Å². The van der Waals surface area contributed by atoms with Gasteiger partial charge in [-0.25, -0.2) is 14.1 Å². The molecule has 0 unspecified atom stereocenters. The number of hydrogen-bond donors (Lipinski definition) is 0. The van der Waals surface area contributed by atoms with Crippen LogP contribution in [0.25, 0.3) is 17.0 Å². The predicted molar refractivity (Wildman–Crippen MR) is 96.8 cm³/mol. The predicted octanol–water partition coefficient (Wildman–Crippen LogP) is 3.04. The van der Waals surface area contributed by atoms with E-state index in [2.05, 4.69) is 37.1 Å². The minimum atomic E-state index is -0.208. The largest absolute Gasteiger partial charge is 0.268 e. The Labute approximate surface area is 144 Å². The Kier molecular flexibility index (Phi) is 3.35. The lowest BCUT2D eigenvalue weighted by Gasteiger charge is -2.34. The summed E-state index contributed by atoms with van der Waals surface area (Å²) in [5.41, 5.74) is 3.79. The standard InChI is InChI=1S/C18H20N4OS/c1-5-18(2)10-11-8-6-7-9-12(11)14-13(18)15(23)22-16(19-14)21(3)20-17(22)24-4/h6-9H,5,10H2,1-4H3/t18-/m0/s1. The fraction of sp³-hybridized carbons (Fsp3) is 0.389. The van der Waals surface area contributed by atoms with Gasteiger partial charge in [0.15, 0.2) is 5.16 Å². The molecule has 1 aliphatic carbocycles. The second kappa shape index (κ2) is 5.21. The molecule has 1 aromatic carbocycles. The van der Waals surface area contributed by atoms with Crippen LogP contribution in [-0.4, -0.2) is 25.4 Å². The molecule has 124 valence electrons.